The third-order valence-electron chi connectivity index (χ3n) is 8.46. The first-order valence-corrected chi connectivity index (χ1v) is 19.9. The first kappa shape index (κ1) is 46.9. The number of benzene rings is 6. The van der Waals surface area contributed by atoms with Gasteiger partial charge in [0.2, 0.25) is 0 Å². The van der Waals surface area contributed by atoms with Gasteiger partial charge in [0.25, 0.3) is 0 Å². The minimum Gasteiger partial charge on any atom is -0.143 e. The average molecular weight is 868 g/mol. The number of halogens is 4. The van der Waals surface area contributed by atoms with Crippen LogP contribution in [0.5, 0.6) is 0 Å². The van der Waals surface area contributed by atoms with Crippen molar-refractivity contribution in [1.82, 2.24) is 0 Å². The molecule has 6 aromatic carbocycles. The van der Waals surface area contributed by atoms with Gasteiger partial charge in [-0.25, -0.2) is 6.08 Å². The van der Waals surface area contributed by atoms with Crippen LogP contribution in [-0.2, 0) is 30.7 Å². The smallest absolute Gasteiger partial charge is 0.0181 e. The minimum absolute atomic E-state index is 0. The molecule has 0 bridgehead atoms. The van der Waals surface area contributed by atoms with E-state index in [4.69, 9.17) is 23.2 Å². The van der Waals surface area contributed by atoms with E-state index in [1.54, 1.807) is 12.1 Å². The molecule has 0 amide bonds. The van der Waals surface area contributed by atoms with Crippen molar-refractivity contribution in [2.75, 3.05) is 0 Å². The molecule has 8 rings (SSSR count). The van der Waals surface area contributed by atoms with Crippen molar-refractivity contribution >= 4 is 52.2 Å². The summed E-state index contributed by atoms with van der Waals surface area (Å²) in [7, 11) is 0. The Morgan fingerprint density at radius 3 is 1.69 bits per heavy atom. The van der Waals surface area contributed by atoms with E-state index in [2.05, 4.69) is 159 Å². The zero-order valence-corrected chi connectivity index (χ0v) is 36.8. The first-order valence-electron chi connectivity index (χ1n) is 17.4. The second kappa shape index (κ2) is 24.3. The van der Waals surface area contributed by atoms with Gasteiger partial charge in [-0.2, -0.15) is 95.5 Å². The molecule has 0 aromatic heterocycles. The summed E-state index contributed by atoms with van der Waals surface area (Å²) in [5.74, 6) is 0.573. The minimum atomic E-state index is 0. The van der Waals surface area contributed by atoms with Crippen LogP contribution >= 0.6 is 48.0 Å². The SMILES string of the molecule is CCC1[C-]=CC(C(C)(C)C)=C1.Cl.Cl.Clc1c[c-]ccc1.Clc1c[c-]ccc1.[CH2]=[Zr].[c-]1c(-c2ccccc2)ccc2c1Cc1cc(-c3ccccc3)ccc1-2. The van der Waals surface area contributed by atoms with Crippen molar-refractivity contribution < 1.29 is 24.2 Å². The van der Waals surface area contributed by atoms with Gasteiger partial charge in [0.15, 0.2) is 0 Å². The van der Waals surface area contributed by atoms with Crippen molar-refractivity contribution in [2.24, 2.45) is 11.3 Å². The number of hydrogen-bond donors (Lipinski definition) is 0. The second-order valence-electron chi connectivity index (χ2n) is 13.2. The van der Waals surface area contributed by atoms with E-state index in [0.717, 1.165) is 16.5 Å². The Hall–Kier alpha value is -3.29. The summed E-state index contributed by atoms with van der Waals surface area (Å²) < 4.78 is 3.34. The van der Waals surface area contributed by atoms with E-state index in [1.807, 2.05) is 36.4 Å². The van der Waals surface area contributed by atoms with Crippen LogP contribution in [0.4, 0.5) is 0 Å². The zero-order valence-electron chi connectivity index (χ0n) is 31.2. The van der Waals surface area contributed by atoms with Crippen molar-refractivity contribution in [3.8, 4) is 33.4 Å². The Bertz CT molecular complexity index is 1890. The number of rotatable bonds is 3. The van der Waals surface area contributed by atoms with E-state index < -0.39 is 0 Å². The zero-order chi connectivity index (χ0) is 37.3. The predicted octanol–water partition coefficient (Wildman–Crippen LogP) is 14.8. The standard InChI is InChI=1S/C25H17.C11H17.2C6H4Cl.CH2.2ClH.Zr/c1-3-7-18(8-4-1)20-11-13-24-22(15-20)17-23-16-21(12-14-25(23)24)19-9-5-2-6-10-19;1-5-9-6-7-10(8-9)11(2,3)4;2*7-6-4-2-1-3-5-6;;;;/h1-15H,17H2;7-9H,5H2,1-4H3;2*1-2,4-5H;1H2;2*1H;/q4*-1;;;;. The molecule has 0 saturated carbocycles. The van der Waals surface area contributed by atoms with Crippen LogP contribution in [0.3, 0.4) is 0 Å². The molecule has 1 atom stereocenters. The summed E-state index contributed by atoms with van der Waals surface area (Å²) >= 11 is 12.3. The third kappa shape index (κ3) is 14.4. The Morgan fingerprint density at radius 2 is 1.24 bits per heavy atom. The molecular formula is C49H46Cl4Zr-4. The Balaban J connectivity index is 0.000000288. The van der Waals surface area contributed by atoms with Crippen molar-refractivity contribution in [1.29, 1.82) is 0 Å². The molecule has 278 valence electrons. The van der Waals surface area contributed by atoms with Gasteiger partial charge in [-0.1, -0.05) is 151 Å². The van der Waals surface area contributed by atoms with Gasteiger partial charge in [-0.05, 0) is 23.1 Å². The van der Waals surface area contributed by atoms with Crippen LogP contribution in [0.15, 0.2) is 157 Å². The van der Waals surface area contributed by atoms with Gasteiger partial charge in [-0.3, -0.25) is 6.08 Å². The van der Waals surface area contributed by atoms with Crippen LogP contribution in [0, 0.1) is 35.6 Å². The fraction of sp³-hybridized carbons (Fsp3) is 0.163. The van der Waals surface area contributed by atoms with E-state index in [1.165, 1.54) is 80.7 Å². The van der Waals surface area contributed by atoms with Crippen molar-refractivity contribution in [3.63, 3.8) is 0 Å². The van der Waals surface area contributed by atoms with E-state index in [0.29, 0.717) is 11.3 Å². The molecule has 2 aliphatic carbocycles. The van der Waals surface area contributed by atoms with Crippen LogP contribution in [0.1, 0.15) is 45.2 Å². The fourth-order valence-electron chi connectivity index (χ4n) is 5.67. The van der Waals surface area contributed by atoms with Gasteiger partial charge in [0.1, 0.15) is 0 Å². The maximum absolute atomic E-state index is 5.51. The maximum atomic E-state index is 5.51. The summed E-state index contributed by atoms with van der Waals surface area (Å²) in [5, 5.41) is 1.48. The van der Waals surface area contributed by atoms with Gasteiger partial charge in [0.05, 0.1) is 0 Å². The molecule has 0 heterocycles. The summed E-state index contributed by atoms with van der Waals surface area (Å²) in [4.78, 5) is 0. The van der Waals surface area contributed by atoms with E-state index >= 15 is 0 Å². The molecule has 0 saturated heterocycles. The molecular weight excluding hydrogens is 822 g/mol. The summed E-state index contributed by atoms with van der Waals surface area (Å²) in [6.07, 6.45) is 9.97. The molecule has 0 radical (unpaired) electrons. The van der Waals surface area contributed by atoms with E-state index in [9.17, 15) is 0 Å². The quantitative estimate of drug-likeness (QED) is 0.155. The summed E-state index contributed by atoms with van der Waals surface area (Å²) in [5.41, 5.74) is 12.1. The molecule has 0 fully saturated rings. The molecule has 6 aromatic rings. The van der Waals surface area contributed by atoms with Crippen LogP contribution in [0.2, 0.25) is 10.0 Å². The van der Waals surface area contributed by atoms with Crippen molar-refractivity contribution in [3.05, 3.63) is 203 Å². The molecule has 1 unspecified atom stereocenters. The topological polar surface area (TPSA) is 0 Å². The third-order valence-corrected chi connectivity index (χ3v) is 8.93. The second-order valence-corrected chi connectivity index (χ2v) is 14.1. The van der Waals surface area contributed by atoms with Crippen LogP contribution in [-0.4, -0.2) is 4.21 Å². The monoisotopic (exact) mass is 864 g/mol. The summed E-state index contributed by atoms with van der Waals surface area (Å²) in [6.45, 7) is 8.94. The van der Waals surface area contributed by atoms with Gasteiger partial charge >= 0.3 is 28.4 Å². The van der Waals surface area contributed by atoms with E-state index in [-0.39, 0.29) is 24.8 Å². The maximum Gasteiger partial charge on any atom is -0.0181 e. The molecule has 0 aliphatic heterocycles. The molecule has 0 spiro atoms. The molecule has 0 nitrogen and oxygen atoms in total. The Morgan fingerprint density at radius 1 is 0.685 bits per heavy atom. The average Bonchev–Trinajstić information content (AvgIpc) is 3.83. The van der Waals surface area contributed by atoms with Crippen molar-refractivity contribution in [2.45, 2.75) is 40.5 Å². The number of fused-ring (bicyclic) bond motifs is 3. The molecule has 2 aliphatic rings. The number of allylic oxidation sites excluding steroid dienone is 4. The molecule has 54 heavy (non-hydrogen) atoms. The Labute approximate surface area is 361 Å². The molecule has 0 N–H and O–H groups in total. The van der Waals surface area contributed by atoms with Crippen LogP contribution < -0.4 is 0 Å². The Kier molecular flexibility index (Phi) is 21.1. The normalized spacial score (nSPS) is 12.7. The fourth-order valence-corrected chi connectivity index (χ4v) is 5.95. The largest absolute Gasteiger partial charge is 0.143 e. The van der Waals surface area contributed by atoms with Crippen LogP contribution in [0.25, 0.3) is 33.4 Å². The molecule has 5 heteroatoms. The van der Waals surface area contributed by atoms with Gasteiger partial charge in [-0.15, -0.1) is 54.1 Å². The predicted molar refractivity (Wildman–Crippen MR) is 236 cm³/mol. The number of hydrogen-bond acceptors (Lipinski definition) is 0. The van der Waals surface area contributed by atoms with Gasteiger partial charge < -0.3 is 0 Å². The first-order chi connectivity index (χ1) is 25.2. The summed E-state index contributed by atoms with van der Waals surface area (Å²) in [6, 6.07) is 56.1. The van der Waals surface area contributed by atoms with Gasteiger partial charge in [0, 0.05) is 0 Å².